The van der Waals surface area contributed by atoms with Gasteiger partial charge in [0.05, 0.1) is 12.1 Å². The van der Waals surface area contributed by atoms with E-state index in [1.54, 1.807) is 17.0 Å². The minimum atomic E-state index is -0.482. The second kappa shape index (κ2) is 8.75. The van der Waals surface area contributed by atoms with E-state index in [1.807, 2.05) is 12.1 Å². The summed E-state index contributed by atoms with van der Waals surface area (Å²) in [6, 6.07) is 14.3. The van der Waals surface area contributed by atoms with Crippen molar-refractivity contribution in [2.45, 2.75) is 26.3 Å². The van der Waals surface area contributed by atoms with Crippen molar-refractivity contribution >= 4 is 5.91 Å². The third-order valence-corrected chi connectivity index (χ3v) is 5.43. The SMILES string of the molecule is CC(C)c1ccc(-c2noc(CN3CCN(C(=O)c4ccccc4F)CC3)n2)cc1. The van der Waals surface area contributed by atoms with Gasteiger partial charge >= 0.3 is 0 Å². The molecule has 156 valence electrons. The fourth-order valence-electron chi connectivity index (χ4n) is 3.56. The molecular weight excluding hydrogens is 383 g/mol. The molecule has 30 heavy (non-hydrogen) atoms. The predicted molar refractivity (Wildman–Crippen MR) is 111 cm³/mol. The molecule has 0 bridgehead atoms. The molecule has 0 aliphatic carbocycles. The first-order valence-corrected chi connectivity index (χ1v) is 10.2. The lowest BCUT2D eigenvalue weighted by Gasteiger charge is -2.34. The summed E-state index contributed by atoms with van der Waals surface area (Å²) in [4.78, 5) is 20.9. The van der Waals surface area contributed by atoms with Crippen LogP contribution in [0.25, 0.3) is 11.4 Å². The van der Waals surface area contributed by atoms with Gasteiger partial charge < -0.3 is 9.42 Å². The number of halogens is 1. The molecule has 0 atom stereocenters. The maximum absolute atomic E-state index is 13.9. The molecule has 1 aromatic heterocycles. The molecule has 0 N–H and O–H groups in total. The smallest absolute Gasteiger partial charge is 0.256 e. The fraction of sp³-hybridized carbons (Fsp3) is 0.348. The van der Waals surface area contributed by atoms with Gasteiger partial charge in [0.1, 0.15) is 5.82 Å². The van der Waals surface area contributed by atoms with Gasteiger partial charge in [0, 0.05) is 31.7 Å². The average Bonchev–Trinajstić information content (AvgIpc) is 3.23. The van der Waals surface area contributed by atoms with Crippen LogP contribution >= 0.6 is 0 Å². The Kier molecular flexibility index (Phi) is 5.90. The number of piperazine rings is 1. The fourth-order valence-corrected chi connectivity index (χ4v) is 3.56. The highest BCUT2D eigenvalue weighted by molar-refractivity contribution is 5.94. The van der Waals surface area contributed by atoms with E-state index in [1.165, 1.54) is 17.7 Å². The van der Waals surface area contributed by atoms with Crippen molar-refractivity contribution in [3.05, 3.63) is 71.4 Å². The molecule has 3 aromatic rings. The quantitative estimate of drug-likeness (QED) is 0.640. The van der Waals surface area contributed by atoms with Gasteiger partial charge in [0.25, 0.3) is 5.91 Å². The van der Waals surface area contributed by atoms with Crippen molar-refractivity contribution in [1.82, 2.24) is 19.9 Å². The summed E-state index contributed by atoms with van der Waals surface area (Å²) in [6.07, 6.45) is 0. The number of hydrogen-bond donors (Lipinski definition) is 0. The van der Waals surface area contributed by atoms with Crippen LogP contribution in [-0.4, -0.2) is 52.0 Å². The number of carbonyl (C=O) groups excluding carboxylic acids is 1. The highest BCUT2D eigenvalue weighted by Gasteiger charge is 2.25. The molecule has 0 radical (unpaired) electrons. The second-order valence-electron chi connectivity index (χ2n) is 7.84. The zero-order valence-electron chi connectivity index (χ0n) is 17.2. The Bertz CT molecular complexity index is 1010. The molecular formula is C23H25FN4O2. The number of nitrogens with zero attached hydrogens (tertiary/aromatic N) is 4. The number of hydrogen-bond acceptors (Lipinski definition) is 5. The Morgan fingerprint density at radius 1 is 1.07 bits per heavy atom. The third-order valence-electron chi connectivity index (χ3n) is 5.43. The largest absolute Gasteiger partial charge is 0.338 e. The summed E-state index contributed by atoms with van der Waals surface area (Å²) in [5.74, 6) is 0.853. The summed E-state index contributed by atoms with van der Waals surface area (Å²) in [6.45, 7) is 7.24. The van der Waals surface area contributed by atoms with Gasteiger partial charge in [-0.25, -0.2) is 4.39 Å². The predicted octanol–water partition coefficient (Wildman–Crippen LogP) is 3.96. The van der Waals surface area contributed by atoms with Crippen LogP contribution in [0.4, 0.5) is 4.39 Å². The van der Waals surface area contributed by atoms with E-state index in [0.717, 1.165) is 5.56 Å². The molecule has 1 aliphatic rings. The highest BCUT2D eigenvalue weighted by Crippen LogP contribution is 2.21. The molecule has 0 saturated carbocycles. The first-order valence-electron chi connectivity index (χ1n) is 10.2. The minimum Gasteiger partial charge on any atom is -0.338 e. The van der Waals surface area contributed by atoms with Gasteiger partial charge in [-0.3, -0.25) is 9.69 Å². The van der Waals surface area contributed by atoms with Crippen molar-refractivity contribution in [2.24, 2.45) is 0 Å². The van der Waals surface area contributed by atoms with E-state index in [2.05, 4.69) is 41.0 Å². The molecule has 1 amide bonds. The lowest BCUT2D eigenvalue weighted by Crippen LogP contribution is -2.48. The normalized spacial score (nSPS) is 15.0. The van der Waals surface area contributed by atoms with Gasteiger partial charge in [-0.2, -0.15) is 4.98 Å². The van der Waals surface area contributed by atoms with E-state index in [-0.39, 0.29) is 11.5 Å². The van der Waals surface area contributed by atoms with Crippen molar-refractivity contribution in [2.75, 3.05) is 26.2 Å². The van der Waals surface area contributed by atoms with Gasteiger partial charge in [-0.15, -0.1) is 0 Å². The zero-order valence-corrected chi connectivity index (χ0v) is 17.2. The topological polar surface area (TPSA) is 62.5 Å². The molecule has 1 aliphatic heterocycles. The van der Waals surface area contributed by atoms with E-state index < -0.39 is 5.82 Å². The van der Waals surface area contributed by atoms with E-state index in [4.69, 9.17) is 4.52 Å². The zero-order chi connectivity index (χ0) is 21.1. The minimum absolute atomic E-state index is 0.121. The number of carbonyl (C=O) groups is 1. The summed E-state index contributed by atoms with van der Waals surface area (Å²) in [5, 5.41) is 4.10. The first kappa shape index (κ1) is 20.2. The van der Waals surface area contributed by atoms with E-state index in [0.29, 0.717) is 50.4 Å². The molecule has 1 saturated heterocycles. The van der Waals surface area contributed by atoms with E-state index >= 15 is 0 Å². The number of aromatic nitrogens is 2. The van der Waals surface area contributed by atoms with Crippen LogP contribution in [0.3, 0.4) is 0 Å². The lowest BCUT2D eigenvalue weighted by molar-refractivity contribution is 0.0610. The van der Waals surface area contributed by atoms with Crippen LogP contribution in [0.5, 0.6) is 0 Å². The van der Waals surface area contributed by atoms with Crippen LogP contribution in [0.2, 0.25) is 0 Å². The molecule has 7 heteroatoms. The monoisotopic (exact) mass is 408 g/mol. The Morgan fingerprint density at radius 2 is 1.77 bits per heavy atom. The molecule has 4 rings (SSSR count). The maximum atomic E-state index is 13.9. The van der Waals surface area contributed by atoms with Crippen LogP contribution < -0.4 is 0 Å². The van der Waals surface area contributed by atoms with Crippen molar-refractivity contribution in [3.8, 4) is 11.4 Å². The second-order valence-corrected chi connectivity index (χ2v) is 7.84. The summed E-state index contributed by atoms with van der Waals surface area (Å²) >= 11 is 0. The van der Waals surface area contributed by atoms with Gasteiger partial charge in [0.15, 0.2) is 0 Å². The summed E-state index contributed by atoms with van der Waals surface area (Å²) in [7, 11) is 0. The Balaban J connectivity index is 1.33. The van der Waals surface area contributed by atoms with Gasteiger partial charge in [0.2, 0.25) is 11.7 Å². The number of rotatable bonds is 5. The first-order chi connectivity index (χ1) is 14.5. The van der Waals surface area contributed by atoms with Crippen molar-refractivity contribution in [1.29, 1.82) is 0 Å². The number of amides is 1. The third kappa shape index (κ3) is 4.41. The van der Waals surface area contributed by atoms with Crippen molar-refractivity contribution < 1.29 is 13.7 Å². The molecule has 2 aromatic carbocycles. The molecule has 0 unspecified atom stereocenters. The molecule has 6 nitrogen and oxygen atoms in total. The summed E-state index contributed by atoms with van der Waals surface area (Å²) in [5.41, 5.74) is 2.32. The Labute approximate surface area is 175 Å². The standard InChI is InChI=1S/C23H25FN4O2/c1-16(2)17-7-9-18(10-8-17)22-25-21(30-26-22)15-27-11-13-28(14-12-27)23(29)19-5-3-4-6-20(19)24/h3-10,16H,11-15H2,1-2H3. The molecule has 1 fully saturated rings. The summed E-state index contributed by atoms with van der Waals surface area (Å²) < 4.78 is 19.3. The maximum Gasteiger partial charge on any atom is 0.256 e. The van der Waals surface area contributed by atoms with Crippen LogP contribution in [0.1, 0.15) is 41.6 Å². The highest BCUT2D eigenvalue weighted by atomic mass is 19.1. The van der Waals surface area contributed by atoms with Crippen LogP contribution in [0, 0.1) is 5.82 Å². The number of benzene rings is 2. The Morgan fingerprint density at radius 3 is 2.43 bits per heavy atom. The van der Waals surface area contributed by atoms with Crippen LogP contribution in [-0.2, 0) is 6.54 Å². The van der Waals surface area contributed by atoms with Crippen molar-refractivity contribution in [3.63, 3.8) is 0 Å². The lowest BCUT2D eigenvalue weighted by atomic mass is 10.0. The van der Waals surface area contributed by atoms with Gasteiger partial charge in [-0.05, 0) is 23.6 Å². The average molecular weight is 408 g/mol. The van der Waals surface area contributed by atoms with Crippen LogP contribution in [0.15, 0.2) is 53.1 Å². The molecule has 0 spiro atoms. The van der Waals surface area contributed by atoms with Gasteiger partial charge in [-0.1, -0.05) is 55.4 Å². The van der Waals surface area contributed by atoms with E-state index in [9.17, 15) is 9.18 Å². The molecule has 2 heterocycles. The Hall–Kier alpha value is -3.06.